The van der Waals surface area contributed by atoms with Gasteiger partial charge in [0.1, 0.15) is 17.3 Å². The van der Waals surface area contributed by atoms with E-state index in [1.165, 1.54) is 35.4 Å². The fourth-order valence-electron chi connectivity index (χ4n) is 4.29. The van der Waals surface area contributed by atoms with Crippen LogP contribution < -0.4 is 25.7 Å². The van der Waals surface area contributed by atoms with Crippen LogP contribution in [0.4, 0.5) is 11.4 Å². The highest BCUT2D eigenvalue weighted by atomic mass is 16.5. The lowest BCUT2D eigenvalue weighted by atomic mass is 10.2. The van der Waals surface area contributed by atoms with Gasteiger partial charge in [-0.3, -0.25) is 19.2 Å². The number of nitrogens with zero attached hydrogens (tertiary/aromatic N) is 3. The number of ether oxygens (including phenoxy) is 2. The summed E-state index contributed by atoms with van der Waals surface area (Å²) in [6.45, 7) is 3.65. The van der Waals surface area contributed by atoms with E-state index >= 15 is 0 Å². The summed E-state index contributed by atoms with van der Waals surface area (Å²) in [4.78, 5) is 64.6. The van der Waals surface area contributed by atoms with Gasteiger partial charge >= 0.3 is 29.6 Å². The molecule has 4 amide bonds. The number of para-hydroxylation sites is 2. The molecule has 1 aromatic heterocycles. The Kier molecular flexibility index (Phi) is 10.7. The van der Waals surface area contributed by atoms with E-state index in [2.05, 4.69) is 26.1 Å². The number of hydrogen-bond acceptors (Lipinski definition) is 10. The van der Waals surface area contributed by atoms with Crippen LogP contribution >= 0.6 is 0 Å². The number of hydrogen-bond donors (Lipinski definition) is 3. The molecule has 1 aliphatic rings. The molecule has 2 heterocycles. The minimum absolute atomic E-state index is 0.0897. The van der Waals surface area contributed by atoms with Crippen LogP contribution in [0.5, 0.6) is 5.75 Å². The summed E-state index contributed by atoms with van der Waals surface area (Å²) in [5.41, 5.74) is 3.77. The number of benzene rings is 2. The molecule has 4 rings (SSSR count). The first-order valence-electron chi connectivity index (χ1n) is 13.7. The molecule has 1 fully saturated rings. The third-order valence-corrected chi connectivity index (χ3v) is 6.51. The molecular weight excluding hydrogens is 572 g/mol. The Morgan fingerprint density at radius 3 is 2.34 bits per heavy atom. The maximum Gasteiger partial charge on any atom is 0.338 e. The average molecular weight is 605 g/mol. The van der Waals surface area contributed by atoms with Crippen molar-refractivity contribution in [2.24, 2.45) is 5.10 Å². The summed E-state index contributed by atoms with van der Waals surface area (Å²) in [5.74, 6) is -2.57. The number of piperazine rings is 1. The maximum absolute atomic E-state index is 12.6. The van der Waals surface area contributed by atoms with Gasteiger partial charge in [0.05, 0.1) is 37.7 Å². The molecule has 0 unspecified atom stereocenters. The molecule has 44 heavy (non-hydrogen) atoms. The van der Waals surface area contributed by atoms with E-state index in [0.29, 0.717) is 43.2 Å². The van der Waals surface area contributed by atoms with E-state index in [9.17, 15) is 24.0 Å². The SMILES string of the molecule is CCOC(=O)c1ccc(NC(=O)C(=O)NCc2ccc(/C=N/NC(=O)C(=O)N3CCN(c4ccccc4OC)CC3)o2)cc1. The van der Waals surface area contributed by atoms with Crippen molar-refractivity contribution in [2.45, 2.75) is 13.5 Å². The van der Waals surface area contributed by atoms with E-state index < -0.39 is 29.6 Å². The highest BCUT2D eigenvalue weighted by molar-refractivity contribution is 6.39. The molecule has 0 aliphatic carbocycles. The third kappa shape index (κ3) is 8.21. The minimum Gasteiger partial charge on any atom is -0.495 e. The van der Waals surface area contributed by atoms with Crippen LogP contribution in [0.15, 0.2) is 70.2 Å². The van der Waals surface area contributed by atoms with Crippen molar-refractivity contribution < 1.29 is 37.9 Å². The van der Waals surface area contributed by atoms with Gasteiger partial charge in [0.25, 0.3) is 0 Å². The Hall–Kier alpha value is -5.66. The number of carbonyl (C=O) groups excluding carboxylic acids is 5. The van der Waals surface area contributed by atoms with E-state index in [1.807, 2.05) is 24.3 Å². The second-order valence-electron chi connectivity index (χ2n) is 9.39. The zero-order valence-corrected chi connectivity index (χ0v) is 24.2. The fraction of sp³-hybridized carbons (Fsp3) is 0.267. The van der Waals surface area contributed by atoms with Crippen molar-refractivity contribution in [3.8, 4) is 5.75 Å². The smallest absolute Gasteiger partial charge is 0.338 e. The maximum atomic E-state index is 12.6. The van der Waals surface area contributed by atoms with Gasteiger partial charge in [0, 0.05) is 31.9 Å². The van der Waals surface area contributed by atoms with Gasteiger partial charge in [-0.15, -0.1) is 0 Å². The van der Waals surface area contributed by atoms with Crippen LogP contribution in [-0.2, 0) is 30.5 Å². The van der Waals surface area contributed by atoms with Crippen LogP contribution in [-0.4, -0.2) is 80.6 Å². The zero-order chi connectivity index (χ0) is 31.5. The summed E-state index contributed by atoms with van der Waals surface area (Å²) < 4.78 is 15.8. The molecule has 0 atom stereocenters. The highest BCUT2D eigenvalue weighted by Crippen LogP contribution is 2.28. The van der Waals surface area contributed by atoms with Crippen LogP contribution in [0.1, 0.15) is 28.8 Å². The predicted molar refractivity (Wildman–Crippen MR) is 159 cm³/mol. The number of hydrazone groups is 1. The van der Waals surface area contributed by atoms with Gasteiger partial charge < -0.3 is 34.3 Å². The van der Waals surface area contributed by atoms with Gasteiger partial charge in [0.2, 0.25) is 0 Å². The van der Waals surface area contributed by atoms with Gasteiger partial charge in [-0.2, -0.15) is 5.10 Å². The summed E-state index contributed by atoms with van der Waals surface area (Å²) in [6, 6.07) is 16.6. The van der Waals surface area contributed by atoms with Crippen molar-refractivity contribution in [3.05, 3.63) is 77.7 Å². The zero-order valence-electron chi connectivity index (χ0n) is 24.2. The normalized spacial score (nSPS) is 12.9. The molecule has 0 radical (unpaired) electrons. The number of carbonyl (C=O) groups is 5. The third-order valence-electron chi connectivity index (χ3n) is 6.51. The first-order chi connectivity index (χ1) is 21.3. The molecule has 2 aromatic carbocycles. The number of amides is 4. The molecule has 14 heteroatoms. The van der Waals surface area contributed by atoms with Crippen LogP contribution in [0, 0.1) is 0 Å². The largest absolute Gasteiger partial charge is 0.495 e. The molecular formula is C30H32N6O8. The number of nitrogens with one attached hydrogen (secondary N) is 3. The molecule has 1 saturated heterocycles. The highest BCUT2D eigenvalue weighted by Gasteiger charge is 2.27. The van der Waals surface area contributed by atoms with Crippen molar-refractivity contribution in [1.29, 1.82) is 0 Å². The van der Waals surface area contributed by atoms with Crippen molar-refractivity contribution in [1.82, 2.24) is 15.6 Å². The topological polar surface area (TPSA) is 172 Å². The quantitative estimate of drug-likeness (QED) is 0.142. The predicted octanol–water partition coefficient (Wildman–Crippen LogP) is 1.52. The van der Waals surface area contributed by atoms with Crippen LogP contribution in [0.2, 0.25) is 0 Å². The monoisotopic (exact) mass is 604 g/mol. The minimum atomic E-state index is -0.907. The average Bonchev–Trinajstić information content (AvgIpc) is 3.51. The Morgan fingerprint density at radius 2 is 1.64 bits per heavy atom. The van der Waals surface area contributed by atoms with Gasteiger partial charge in [0.15, 0.2) is 0 Å². The summed E-state index contributed by atoms with van der Waals surface area (Å²) in [5, 5.41) is 8.64. The van der Waals surface area contributed by atoms with Crippen molar-refractivity contribution >= 4 is 47.2 Å². The molecule has 0 spiro atoms. The molecule has 0 saturated carbocycles. The molecule has 0 bridgehead atoms. The summed E-state index contributed by atoms with van der Waals surface area (Å²) >= 11 is 0. The lowest BCUT2D eigenvalue weighted by molar-refractivity contribution is -0.146. The number of furan rings is 1. The summed E-state index contributed by atoms with van der Waals surface area (Å²) in [6.07, 6.45) is 1.21. The van der Waals surface area contributed by atoms with Gasteiger partial charge in [-0.1, -0.05) is 12.1 Å². The molecule has 14 nitrogen and oxygen atoms in total. The number of esters is 1. The van der Waals surface area contributed by atoms with E-state index in [4.69, 9.17) is 13.9 Å². The van der Waals surface area contributed by atoms with Gasteiger partial charge in [-0.25, -0.2) is 10.2 Å². The number of methoxy groups -OCH3 is 1. The molecule has 3 aromatic rings. The summed E-state index contributed by atoms with van der Waals surface area (Å²) in [7, 11) is 1.60. The van der Waals surface area contributed by atoms with Crippen LogP contribution in [0.25, 0.3) is 0 Å². The number of rotatable bonds is 9. The second-order valence-corrected chi connectivity index (χ2v) is 9.39. The second kappa shape index (κ2) is 15.0. The Morgan fingerprint density at radius 1 is 0.909 bits per heavy atom. The van der Waals surface area contributed by atoms with Gasteiger partial charge in [-0.05, 0) is 55.5 Å². The van der Waals surface area contributed by atoms with E-state index in [-0.39, 0.29) is 18.9 Å². The first kappa shape index (κ1) is 31.3. The molecule has 1 aliphatic heterocycles. The van der Waals surface area contributed by atoms with Crippen molar-refractivity contribution in [2.75, 3.05) is 50.1 Å². The standard InChI is InChI=1S/C30H32N6O8/c1-3-43-30(41)20-8-10-21(11-9-20)33-27(38)26(37)31-18-22-12-13-23(44-22)19-32-34-28(39)29(40)36-16-14-35(15-17-36)24-6-4-5-7-25(24)42-2/h4-13,19H,3,14-18H2,1-2H3,(H,31,37)(H,33,38)(H,34,39)/b32-19+. The Labute approximate surface area is 253 Å². The Bertz CT molecular complexity index is 1530. The lowest BCUT2D eigenvalue weighted by Crippen LogP contribution is -2.52. The lowest BCUT2D eigenvalue weighted by Gasteiger charge is -2.36. The van der Waals surface area contributed by atoms with E-state index in [0.717, 1.165) is 11.4 Å². The van der Waals surface area contributed by atoms with Crippen molar-refractivity contribution in [3.63, 3.8) is 0 Å². The van der Waals surface area contributed by atoms with E-state index in [1.54, 1.807) is 26.2 Å². The Balaban J connectivity index is 1.18. The molecule has 230 valence electrons. The van der Waals surface area contributed by atoms with Crippen LogP contribution in [0.3, 0.4) is 0 Å². The molecule has 3 N–H and O–H groups in total. The number of anilines is 2. The first-order valence-corrected chi connectivity index (χ1v) is 13.7. The fourth-order valence-corrected chi connectivity index (χ4v) is 4.29.